The Hall–Kier alpha value is -1.31. The molecule has 1 aromatic heterocycles. The zero-order valence-corrected chi connectivity index (χ0v) is 10.4. The van der Waals surface area contributed by atoms with Crippen molar-refractivity contribution in [1.29, 1.82) is 5.26 Å². The monoisotopic (exact) mass is 253 g/mol. The molecule has 0 saturated carbocycles. The lowest BCUT2D eigenvalue weighted by Crippen LogP contribution is -2.33. The van der Waals surface area contributed by atoms with Crippen LogP contribution in [-0.2, 0) is 0 Å². The summed E-state index contributed by atoms with van der Waals surface area (Å²) in [4.78, 5) is 4.08. The van der Waals surface area contributed by atoms with Crippen molar-refractivity contribution in [3.63, 3.8) is 0 Å². The van der Waals surface area contributed by atoms with E-state index in [2.05, 4.69) is 16.4 Å². The quantitative estimate of drug-likeness (QED) is 0.892. The van der Waals surface area contributed by atoms with Crippen molar-refractivity contribution in [2.24, 2.45) is 5.92 Å². The Balaban J connectivity index is 0.00000144. The first-order chi connectivity index (χ1) is 7.88. The van der Waals surface area contributed by atoms with Crippen LogP contribution in [0.1, 0.15) is 18.4 Å². The topological polar surface area (TPSA) is 57.9 Å². The van der Waals surface area contributed by atoms with E-state index in [1.54, 1.807) is 18.3 Å². The van der Waals surface area contributed by atoms with Gasteiger partial charge in [-0.2, -0.15) is 5.26 Å². The van der Waals surface area contributed by atoms with Crippen LogP contribution in [0, 0.1) is 17.2 Å². The normalized spacial score (nSPS) is 18.9. The average Bonchev–Trinajstić information content (AvgIpc) is 2.38. The van der Waals surface area contributed by atoms with Gasteiger partial charge in [0.2, 0.25) is 5.88 Å². The van der Waals surface area contributed by atoms with Crippen LogP contribution in [0.4, 0.5) is 0 Å². The van der Waals surface area contributed by atoms with Gasteiger partial charge in [0.15, 0.2) is 0 Å². The van der Waals surface area contributed by atoms with Crippen molar-refractivity contribution >= 4 is 12.4 Å². The number of nitriles is 1. The van der Waals surface area contributed by atoms with Gasteiger partial charge in [0.1, 0.15) is 0 Å². The molecule has 17 heavy (non-hydrogen) atoms. The van der Waals surface area contributed by atoms with E-state index in [1.807, 2.05) is 0 Å². The van der Waals surface area contributed by atoms with Gasteiger partial charge in [-0.1, -0.05) is 0 Å². The van der Waals surface area contributed by atoms with Gasteiger partial charge in [0.25, 0.3) is 0 Å². The molecule has 92 valence electrons. The molecular formula is C12H16ClN3O. The molecule has 1 aliphatic heterocycles. The second kappa shape index (κ2) is 7.10. The van der Waals surface area contributed by atoms with Gasteiger partial charge in [-0.3, -0.25) is 0 Å². The zero-order chi connectivity index (χ0) is 11.2. The minimum absolute atomic E-state index is 0. The minimum atomic E-state index is 0. The third-order valence-electron chi connectivity index (χ3n) is 2.73. The third kappa shape index (κ3) is 4.22. The van der Waals surface area contributed by atoms with E-state index >= 15 is 0 Å². The molecule has 1 saturated heterocycles. The van der Waals surface area contributed by atoms with Crippen LogP contribution in [0.2, 0.25) is 0 Å². The van der Waals surface area contributed by atoms with Gasteiger partial charge >= 0.3 is 0 Å². The summed E-state index contributed by atoms with van der Waals surface area (Å²) in [5, 5.41) is 12.1. The Morgan fingerprint density at radius 2 is 2.47 bits per heavy atom. The average molecular weight is 254 g/mol. The van der Waals surface area contributed by atoms with Gasteiger partial charge in [0, 0.05) is 24.7 Å². The number of ether oxygens (including phenoxy) is 1. The van der Waals surface area contributed by atoms with Crippen LogP contribution in [0.15, 0.2) is 18.3 Å². The molecule has 1 N–H and O–H groups in total. The van der Waals surface area contributed by atoms with E-state index in [9.17, 15) is 0 Å². The molecular weight excluding hydrogens is 238 g/mol. The summed E-state index contributed by atoms with van der Waals surface area (Å²) in [5.41, 5.74) is 0.590. The van der Waals surface area contributed by atoms with Gasteiger partial charge in [-0.05, 0) is 25.5 Å². The summed E-state index contributed by atoms with van der Waals surface area (Å²) in [6.45, 7) is 2.80. The second-order valence-corrected chi connectivity index (χ2v) is 4.02. The molecule has 0 aromatic carbocycles. The SMILES string of the molecule is Cl.N#Cc1ccnc(OCC2CCCNC2)c1. The molecule has 2 rings (SSSR count). The van der Waals surface area contributed by atoms with Crippen molar-refractivity contribution in [1.82, 2.24) is 10.3 Å². The first kappa shape index (κ1) is 13.8. The molecule has 0 bridgehead atoms. The predicted molar refractivity (Wildman–Crippen MR) is 67.3 cm³/mol. The number of aromatic nitrogens is 1. The largest absolute Gasteiger partial charge is 0.477 e. The Morgan fingerprint density at radius 1 is 1.59 bits per heavy atom. The van der Waals surface area contributed by atoms with E-state index in [1.165, 1.54) is 12.8 Å². The van der Waals surface area contributed by atoms with Crippen molar-refractivity contribution in [2.45, 2.75) is 12.8 Å². The van der Waals surface area contributed by atoms with Crippen LogP contribution >= 0.6 is 12.4 Å². The Kier molecular flexibility index (Phi) is 5.75. The molecule has 1 unspecified atom stereocenters. The van der Waals surface area contributed by atoms with Gasteiger partial charge in [-0.15, -0.1) is 12.4 Å². The second-order valence-electron chi connectivity index (χ2n) is 4.02. The van der Waals surface area contributed by atoms with Gasteiger partial charge in [-0.25, -0.2) is 4.98 Å². The molecule has 0 amide bonds. The molecule has 5 heteroatoms. The van der Waals surface area contributed by atoms with E-state index < -0.39 is 0 Å². The van der Waals surface area contributed by atoms with E-state index in [4.69, 9.17) is 10.00 Å². The lowest BCUT2D eigenvalue weighted by molar-refractivity contribution is 0.212. The Labute approximate surface area is 107 Å². The minimum Gasteiger partial charge on any atom is -0.477 e. The van der Waals surface area contributed by atoms with E-state index in [-0.39, 0.29) is 12.4 Å². The van der Waals surface area contributed by atoms with Crippen LogP contribution < -0.4 is 10.1 Å². The highest BCUT2D eigenvalue weighted by molar-refractivity contribution is 5.85. The highest BCUT2D eigenvalue weighted by atomic mass is 35.5. The van der Waals surface area contributed by atoms with Crippen molar-refractivity contribution in [3.8, 4) is 11.9 Å². The molecule has 0 radical (unpaired) electrons. The summed E-state index contributed by atoms with van der Waals surface area (Å²) in [6.07, 6.45) is 4.01. The third-order valence-corrected chi connectivity index (χ3v) is 2.73. The fraction of sp³-hybridized carbons (Fsp3) is 0.500. The number of hydrogen-bond acceptors (Lipinski definition) is 4. The predicted octanol–water partition coefficient (Wildman–Crippen LogP) is 1.75. The highest BCUT2D eigenvalue weighted by Gasteiger charge is 2.13. The lowest BCUT2D eigenvalue weighted by Gasteiger charge is -2.22. The van der Waals surface area contributed by atoms with Crippen LogP contribution in [0.25, 0.3) is 0 Å². The number of nitrogens with one attached hydrogen (secondary N) is 1. The van der Waals surface area contributed by atoms with Crippen molar-refractivity contribution in [2.75, 3.05) is 19.7 Å². The summed E-state index contributed by atoms with van der Waals surface area (Å²) < 4.78 is 5.59. The van der Waals surface area contributed by atoms with Crippen molar-refractivity contribution in [3.05, 3.63) is 23.9 Å². The fourth-order valence-corrected chi connectivity index (χ4v) is 1.83. The van der Waals surface area contributed by atoms with Crippen LogP contribution in [0.3, 0.4) is 0 Å². The molecule has 2 heterocycles. The molecule has 0 aliphatic carbocycles. The number of piperidine rings is 1. The molecule has 4 nitrogen and oxygen atoms in total. The maximum atomic E-state index is 8.74. The first-order valence-corrected chi connectivity index (χ1v) is 5.58. The maximum absolute atomic E-state index is 8.74. The summed E-state index contributed by atoms with van der Waals surface area (Å²) in [6, 6.07) is 5.43. The van der Waals surface area contributed by atoms with Gasteiger partial charge < -0.3 is 10.1 Å². The Morgan fingerprint density at radius 3 is 3.18 bits per heavy atom. The number of pyridine rings is 1. The van der Waals surface area contributed by atoms with Crippen LogP contribution in [-0.4, -0.2) is 24.7 Å². The zero-order valence-electron chi connectivity index (χ0n) is 9.56. The smallest absolute Gasteiger partial charge is 0.214 e. The molecule has 1 aliphatic rings. The molecule has 1 fully saturated rings. The Bertz CT molecular complexity index is 386. The molecule has 1 aromatic rings. The summed E-state index contributed by atoms with van der Waals surface area (Å²) in [7, 11) is 0. The molecule has 0 spiro atoms. The van der Waals surface area contributed by atoms with E-state index in [0.717, 1.165) is 13.1 Å². The van der Waals surface area contributed by atoms with Crippen molar-refractivity contribution < 1.29 is 4.74 Å². The standard InChI is InChI=1S/C12H15N3O.ClH/c13-7-10-3-5-15-12(6-10)16-9-11-2-1-4-14-8-11;/h3,5-6,11,14H,1-2,4,8-9H2;1H. The van der Waals surface area contributed by atoms with Crippen LogP contribution in [0.5, 0.6) is 5.88 Å². The lowest BCUT2D eigenvalue weighted by atomic mass is 10.0. The highest BCUT2D eigenvalue weighted by Crippen LogP contribution is 2.13. The first-order valence-electron chi connectivity index (χ1n) is 5.58. The molecule has 1 atom stereocenters. The van der Waals surface area contributed by atoms with Gasteiger partial charge in [0.05, 0.1) is 18.2 Å². The van der Waals surface area contributed by atoms with E-state index in [0.29, 0.717) is 24.0 Å². The maximum Gasteiger partial charge on any atom is 0.214 e. The number of rotatable bonds is 3. The summed E-state index contributed by atoms with van der Waals surface area (Å²) in [5.74, 6) is 1.10. The summed E-state index contributed by atoms with van der Waals surface area (Å²) >= 11 is 0. The number of nitrogens with zero attached hydrogens (tertiary/aromatic N) is 2. The number of halogens is 1. The number of hydrogen-bond donors (Lipinski definition) is 1. The fourth-order valence-electron chi connectivity index (χ4n) is 1.83.